The van der Waals surface area contributed by atoms with Gasteiger partial charge in [0.1, 0.15) is 12.7 Å². The molecule has 0 spiro atoms. The van der Waals surface area contributed by atoms with E-state index < -0.39 is 0 Å². The second kappa shape index (κ2) is 8.98. The number of rotatable bonds is 7. The summed E-state index contributed by atoms with van der Waals surface area (Å²) < 4.78 is 1.73. The van der Waals surface area contributed by atoms with E-state index in [-0.39, 0.29) is 17.6 Å². The van der Waals surface area contributed by atoms with Gasteiger partial charge in [-0.25, -0.2) is 4.98 Å². The minimum atomic E-state index is -0.0943. The predicted molar refractivity (Wildman–Crippen MR) is 101 cm³/mol. The Labute approximate surface area is 158 Å². The van der Waals surface area contributed by atoms with Crippen LogP contribution in [-0.4, -0.2) is 50.7 Å². The van der Waals surface area contributed by atoms with Gasteiger partial charge in [0, 0.05) is 42.4 Å². The zero-order valence-corrected chi connectivity index (χ0v) is 15.8. The van der Waals surface area contributed by atoms with Gasteiger partial charge in [-0.1, -0.05) is 12.1 Å². The molecule has 1 aromatic heterocycles. The highest BCUT2D eigenvalue weighted by Crippen LogP contribution is 2.23. The Bertz CT molecular complexity index is 731. The Hall–Kier alpha value is -2.15. The van der Waals surface area contributed by atoms with Crippen molar-refractivity contribution in [1.29, 1.82) is 0 Å². The minimum Gasteiger partial charge on any atom is -0.342 e. The normalized spacial score (nSPS) is 17.3. The molecule has 0 N–H and O–H groups in total. The van der Waals surface area contributed by atoms with Gasteiger partial charge in [-0.15, -0.1) is 11.8 Å². The molecule has 7 heteroatoms. The van der Waals surface area contributed by atoms with Gasteiger partial charge in [-0.05, 0) is 37.7 Å². The first-order valence-corrected chi connectivity index (χ1v) is 10.2. The first kappa shape index (κ1) is 18.6. The fourth-order valence-corrected chi connectivity index (χ4v) is 3.72. The lowest BCUT2D eigenvalue weighted by atomic mass is 9.90. The number of benzene rings is 1. The first-order valence-electron chi connectivity index (χ1n) is 8.96. The van der Waals surface area contributed by atoms with E-state index in [9.17, 15) is 9.59 Å². The second-order valence-corrected chi connectivity index (χ2v) is 7.41. The number of ketones is 1. The number of hydrogen-bond donors (Lipinski definition) is 0. The third-order valence-corrected chi connectivity index (χ3v) is 5.51. The molecule has 1 fully saturated rings. The van der Waals surface area contributed by atoms with Crippen molar-refractivity contribution >= 4 is 23.5 Å². The van der Waals surface area contributed by atoms with Crippen LogP contribution >= 0.6 is 11.8 Å². The summed E-state index contributed by atoms with van der Waals surface area (Å²) in [6.45, 7) is 1.96. The van der Waals surface area contributed by atoms with Crippen LogP contribution in [0.2, 0.25) is 0 Å². The van der Waals surface area contributed by atoms with E-state index in [2.05, 4.69) is 10.1 Å². The Balaban J connectivity index is 1.52. The van der Waals surface area contributed by atoms with Crippen LogP contribution < -0.4 is 0 Å². The maximum atomic E-state index is 12.8. The topological polar surface area (TPSA) is 68.1 Å². The Morgan fingerprint density at radius 2 is 2.08 bits per heavy atom. The third-order valence-electron chi connectivity index (χ3n) is 4.76. The maximum absolute atomic E-state index is 12.8. The number of hydrogen-bond acceptors (Lipinski definition) is 5. The van der Waals surface area contributed by atoms with E-state index in [0.717, 1.165) is 36.3 Å². The van der Waals surface area contributed by atoms with Crippen molar-refractivity contribution in [2.75, 3.05) is 19.3 Å². The number of piperidine rings is 1. The van der Waals surface area contributed by atoms with Gasteiger partial charge in [0.15, 0.2) is 5.78 Å². The molecule has 3 rings (SSSR count). The van der Waals surface area contributed by atoms with Crippen molar-refractivity contribution in [3.63, 3.8) is 0 Å². The molecule has 1 aliphatic heterocycles. The van der Waals surface area contributed by atoms with Crippen LogP contribution in [0.15, 0.2) is 41.8 Å². The van der Waals surface area contributed by atoms with Crippen molar-refractivity contribution in [3.05, 3.63) is 42.5 Å². The van der Waals surface area contributed by atoms with E-state index in [1.54, 1.807) is 22.8 Å². The lowest BCUT2D eigenvalue weighted by molar-refractivity contribution is -0.132. The summed E-state index contributed by atoms with van der Waals surface area (Å²) >= 11 is 1.66. The smallest absolute Gasteiger partial charge is 0.222 e. The Morgan fingerprint density at radius 1 is 1.27 bits per heavy atom. The maximum Gasteiger partial charge on any atom is 0.222 e. The molecule has 1 amide bonds. The Kier molecular flexibility index (Phi) is 6.44. The molecule has 1 aliphatic rings. The number of aryl methyl sites for hydroxylation is 1. The van der Waals surface area contributed by atoms with Gasteiger partial charge >= 0.3 is 0 Å². The molecule has 0 aliphatic carbocycles. The van der Waals surface area contributed by atoms with Crippen LogP contribution in [-0.2, 0) is 11.3 Å². The molecule has 26 heavy (non-hydrogen) atoms. The number of carbonyl (C=O) groups excluding carboxylic acids is 2. The average molecular weight is 372 g/mol. The van der Waals surface area contributed by atoms with Crippen LogP contribution in [0, 0.1) is 5.92 Å². The molecule has 0 bridgehead atoms. The zero-order valence-electron chi connectivity index (χ0n) is 15.0. The summed E-state index contributed by atoms with van der Waals surface area (Å²) in [5.74, 6) is 0.182. The molecule has 1 aromatic carbocycles. The van der Waals surface area contributed by atoms with Crippen LogP contribution in [0.3, 0.4) is 0 Å². The molecule has 2 heterocycles. The highest BCUT2D eigenvalue weighted by molar-refractivity contribution is 7.98. The summed E-state index contributed by atoms with van der Waals surface area (Å²) in [6.07, 6.45) is 8.11. The van der Waals surface area contributed by atoms with Gasteiger partial charge in [0.05, 0.1) is 0 Å². The van der Waals surface area contributed by atoms with E-state index in [0.29, 0.717) is 19.5 Å². The van der Waals surface area contributed by atoms with E-state index in [1.807, 2.05) is 35.4 Å². The van der Waals surface area contributed by atoms with Crippen molar-refractivity contribution in [2.45, 2.75) is 37.1 Å². The highest BCUT2D eigenvalue weighted by Gasteiger charge is 2.28. The summed E-state index contributed by atoms with van der Waals surface area (Å²) in [4.78, 5) is 32.1. The average Bonchev–Trinajstić information content (AvgIpc) is 3.21. The lowest BCUT2D eigenvalue weighted by Crippen LogP contribution is -2.42. The number of aromatic nitrogens is 3. The minimum absolute atomic E-state index is 0.0943. The van der Waals surface area contributed by atoms with Gasteiger partial charge in [-0.3, -0.25) is 14.3 Å². The fraction of sp³-hybridized carbons (Fsp3) is 0.474. The molecule has 0 unspecified atom stereocenters. The number of likely N-dealkylation sites (tertiary alicyclic amines) is 1. The van der Waals surface area contributed by atoms with Gasteiger partial charge < -0.3 is 4.90 Å². The van der Waals surface area contributed by atoms with Crippen LogP contribution in [0.5, 0.6) is 0 Å². The molecule has 0 radical (unpaired) electrons. The standard InChI is InChI=1S/C19H24N4O2S/c1-26-17-8-6-15(7-9-17)19(25)16-4-2-10-22(12-16)18(24)5-3-11-23-14-20-13-21-23/h6-9,13-14,16H,2-5,10-12H2,1H3/t16-/m1/s1. The van der Waals surface area contributed by atoms with Crippen LogP contribution in [0.4, 0.5) is 0 Å². The first-order chi connectivity index (χ1) is 12.7. The monoisotopic (exact) mass is 372 g/mol. The molecule has 6 nitrogen and oxygen atoms in total. The van der Waals surface area contributed by atoms with E-state index in [1.165, 1.54) is 6.33 Å². The van der Waals surface area contributed by atoms with Crippen LogP contribution in [0.1, 0.15) is 36.0 Å². The number of Topliss-reactive ketones (excluding diaryl/α,β-unsaturated/α-hetero) is 1. The molecule has 1 saturated heterocycles. The predicted octanol–water partition coefficient (Wildman–Crippen LogP) is 2.90. The summed E-state index contributed by atoms with van der Waals surface area (Å²) in [7, 11) is 0. The molecule has 2 aromatic rings. The second-order valence-electron chi connectivity index (χ2n) is 6.53. The Morgan fingerprint density at radius 3 is 2.77 bits per heavy atom. The largest absolute Gasteiger partial charge is 0.342 e. The van der Waals surface area contributed by atoms with Crippen molar-refractivity contribution in [1.82, 2.24) is 19.7 Å². The van der Waals surface area contributed by atoms with Gasteiger partial charge in [-0.2, -0.15) is 5.10 Å². The van der Waals surface area contributed by atoms with Crippen molar-refractivity contribution < 1.29 is 9.59 Å². The molecule has 1 atom stereocenters. The highest BCUT2D eigenvalue weighted by atomic mass is 32.2. The van der Waals surface area contributed by atoms with Gasteiger partial charge in [0.25, 0.3) is 0 Å². The molecular weight excluding hydrogens is 348 g/mol. The number of carbonyl (C=O) groups is 2. The molecular formula is C19H24N4O2S. The number of nitrogens with zero attached hydrogens (tertiary/aromatic N) is 4. The summed E-state index contributed by atoms with van der Waals surface area (Å²) in [6, 6.07) is 7.75. The van der Waals surface area contributed by atoms with Crippen molar-refractivity contribution in [2.24, 2.45) is 5.92 Å². The SMILES string of the molecule is CSc1ccc(C(=O)[C@@H]2CCCN(C(=O)CCCn3cncn3)C2)cc1. The fourth-order valence-electron chi connectivity index (χ4n) is 3.31. The number of thioether (sulfide) groups is 1. The number of amides is 1. The van der Waals surface area contributed by atoms with Gasteiger partial charge in [0.2, 0.25) is 5.91 Å². The quantitative estimate of drug-likeness (QED) is 0.552. The third kappa shape index (κ3) is 4.72. The van der Waals surface area contributed by atoms with Crippen LogP contribution in [0.25, 0.3) is 0 Å². The zero-order chi connectivity index (χ0) is 18.4. The molecule has 0 saturated carbocycles. The lowest BCUT2D eigenvalue weighted by Gasteiger charge is -2.32. The van der Waals surface area contributed by atoms with E-state index in [4.69, 9.17) is 0 Å². The van der Waals surface area contributed by atoms with Crippen molar-refractivity contribution in [3.8, 4) is 0 Å². The summed E-state index contributed by atoms with van der Waals surface area (Å²) in [5, 5.41) is 4.04. The summed E-state index contributed by atoms with van der Waals surface area (Å²) in [5.41, 5.74) is 0.744. The van der Waals surface area contributed by atoms with E-state index >= 15 is 0 Å². The molecule has 138 valence electrons.